The van der Waals surface area contributed by atoms with Gasteiger partial charge in [0.1, 0.15) is 41.9 Å². The molecule has 0 unspecified atom stereocenters. The van der Waals surface area contributed by atoms with Gasteiger partial charge >= 0.3 is 0 Å². The van der Waals surface area contributed by atoms with Crippen molar-refractivity contribution >= 4 is 22.3 Å². The normalized spacial score (nSPS) is 15.6. The molecule has 4 aliphatic heterocycles. The van der Waals surface area contributed by atoms with E-state index < -0.39 is 0 Å². The number of nitroso groups, excluding NO2 is 1. The summed E-state index contributed by atoms with van der Waals surface area (Å²) >= 11 is 0. The van der Waals surface area contributed by atoms with Gasteiger partial charge in [0.05, 0.1) is 36.2 Å². The SMILES string of the molecule is CN1CCc2c(c3cccc4c3n2CCO4)C1.Nc1ccccc1O.O=NN1CCOc2ccccc21.c1ccc2c(c1)CCCO2. The van der Waals surface area contributed by atoms with Gasteiger partial charge in [-0.25, -0.2) is 5.01 Å². The third kappa shape index (κ3) is 7.28. The fourth-order valence-electron chi connectivity index (χ4n) is 6.24. The van der Waals surface area contributed by atoms with Crippen LogP contribution in [-0.4, -0.2) is 54.5 Å². The van der Waals surface area contributed by atoms with Crippen molar-refractivity contribution < 1.29 is 19.3 Å². The predicted octanol–water partition coefficient (Wildman–Crippen LogP) is 6.57. The van der Waals surface area contributed by atoms with Gasteiger partial charge in [-0.15, -0.1) is 4.91 Å². The summed E-state index contributed by atoms with van der Waals surface area (Å²) in [7, 11) is 2.20. The number of hydrogen-bond donors (Lipinski definition) is 2. The largest absolute Gasteiger partial charge is 0.506 e. The van der Waals surface area contributed by atoms with Crippen molar-refractivity contribution in [1.82, 2.24) is 9.47 Å². The first-order valence-electron chi connectivity index (χ1n) is 16.0. The van der Waals surface area contributed by atoms with Crippen LogP contribution in [0.1, 0.15) is 23.2 Å². The molecule has 9 rings (SSSR count). The number of rotatable bonds is 1. The quantitative estimate of drug-likeness (QED) is 0.121. The highest BCUT2D eigenvalue weighted by Crippen LogP contribution is 2.37. The van der Waals surface area contributed by atoms with Gasteiger partial charge in [-0.3, -0.25) is 0 Å². The number of nitrogens with two attached hydrogens (primary N) is 1. The number of anilines is 2. The minimum absolute atomic E-state index is 0.146. The van der Waals surface area contributed by atoms with E-state index in [0.717, 1.165) is 55.7 Å². The first-order chi connectivity index (χ1) is 23.0. The fourth-order valence-corrected chi connectivity index (χ4v) is 6.24. The van der Waals surface area contributed by atoms with Crippen LogP contribution in [0, 0.1) is 4.91 Å². The van der Waals surface area contributed by atoms with E-state index in [9.17, 15) is 4.91 Å². The molecule has 3 N–H and O–H groups in total. The van der Waals surface area contributed by atoms with Crippen molar-refractivity contribution in [2.45, 2.75) is 32.4 Å². The topological polar surface area (TPSA) is 115 Å². The second kappa shape index (κ2) is 14.9. The summed E-state index contributed by atoms with van der Waals surface area (Å²) in [5.74, 6) is 3.01. The van der Waals surface area contributed by atoms with Gasteiger partial charge in [0.25, 0.3) is 0 Å². The van der Waals surface area contributed by atoms with Crippen LogP contribution in [-0.2, 0) is 25.9 Å². The number of nitrogen functional groups attached to an aromatic ring is 1. The van der Waals surface area contributed by atoms with Crippen molar-refractivity contribution in [2.75, 3.05) is 50.7 Å². The molecule has 0 amide bonds. The molecule has 0 bridgehead atoms. The molecule has 244 valence electrons. The van der Waals surface area contributed by atoms with Gasteiger partial charge in [-0.1, -0.05) is 54.6 Å². The van der Waals surface area contributed by atoms with E-state index in [1.807, 2.05) is 36.4 Å². The molecule has 4 aromatic carbocycles. The van der Waals surface area contributed by atoms with Crippen LogP contribution in [0.3, 0.4) is 0 Å². The fraction of sp³-hybridized carbons (Fsp3) is 0.297. The Balaban J connectivity index is 0.000000114. The number of fused-ring (bicyclic) bond motifs is 5. The third-order valence-electron chi connectivity index (χ3n) is 8.56. The minimum Gasteiger partial charge on any atom is -0.506 e. The van der Waals surface area contributed by atoms with Crippen molar-refractivity contribution in [2.24, 2.45) is 5.29 Å². The number of likely N-dealkylation sites (N-methyl/N-ethyl adjacent to an activating group) is 1. The van der Waals surface area contributed by atoms with Gasteiger partial charge in [-0.2, -0.15) is 0 Å². The lowest BCUT2D eigenvalue weighted by atomic mass is 10.1. The zero-order valence-corrected chi connectivity index (χ0v) is 26.7. The average Bonchev–Trinajstić information content (AvgIpc) is 3.44. The van der Waals surface area contributed by atoms with Crippen LogP contribution in [0.5, 0.6) is 23.0 Å². The Morgan fingerprint density at radius 1 is 0.745 bits per heavy atom. The predicted molar refractivity (Wildman–Crippen MR) is 185 cm³/mol. The zero-order valence-electron chi connectivity index (χ0n) is 26.7. The molecule has 4 aliphatic rings. The van der Waals surface area contributed by atoms with E-state index in [1.54, 1.807) is 24.3 Å². The summed E-state index contributed by atoms with van der Waals surface area (Å²) in [6.45, 7) is 5.98. The molecule has 0 saturated heterocycles. The van der Waals surface area contributed by atoms with Crippen LogP contribution in [0.25, 0.3) is 10.9 Å². The number of hydrogen-bond acceptors (Lipinski definition) is 8. The number of ether oxygens (including phenoxy) is 3. The van der Waals surface area contributed by atoms with Gasteiger partial charge in [-0.05, 0) is 67.4 Å². The summed E-state index contributed by atoms with van der Waals surface area (Å²) in [5.41, 5.74) is 12.2. The second-order valence-corrected chi connectivity index (χ2v) is 11.7. The summed E-state index contributed by atoms with van der Waals surface area (Å²) < 4.78 is 19.0. The molecule has 0 atom stereocenters. The summed E-state index contributed by atoms with van der Waals surface area (Å²) in [5, 5.41) is 14.5. The number of nitrogens with zero attached hydrogens (tertiary/aromatic N) is 4. The molecule has 1 aromatic heterocycles. The standard InChI is InChI=1S/C14H16N2O.C9H10O.C8H8N2O2.C6H7NO/c1-15-6-5-12-11(9-15)10-3-2-4-13-14(10)16(12)7-8-17-13;1-2-6-9-8(4-1)5-3-7-10-9;11-9-10-5-6-12-8-4-2-1-3-7(8)10;7-5-3-1-2-4-6(5)8/h2-4H,5-9H2,1H3;1-2,4,6H,3,5,7H2;1-4H,5-6H2;1-4,8H,7H2. The van der Waals surface area contributed by atoms with E-state index in [-0.39, 0.29) is 5.75 Å². The highest BCUT2D eigenvalue weighted by Gasteiger charge is 2.25. The van der Waals surface area contributed by atoms with Crippen LogP contribution >= 0.6 is 0 Å². The Kier molecular flexibility index (Phi) is 10.1. The van der Waals surface area contributed by atoms with Gasteiger partial charge < -0.3 is 34.5 Å². The number of para-hydroxylation sites is 6. The van der Waals surface area contributed by atoms with Crippen molar-refractivity contribution in [1.29, 1.82) is 0 Å². The summed E-state index contributed by atoms with van der Waals surface area (Å²) in [4.78, 5) is 12.7. The van der Waals surface area contributed by atoms with Gasteiger partial charge in [0.2, 0.25) is 0 Å². The molecular formula is C37H41N5O5. The van der Waals surface area contributed by atoms with Crippen molar-refractivity contribution in [3.05, 3.63) is 113 Å². The lowest BCUT2D eigenvalue weighted by molar-refractivity contribution is 0.276. The smallest absolute Gasteiger partial charge is 0.144 e. The van der Waals surface area contributed by atoms with E-state index in [0.29, 0.717) is 18.8 Å². The molecule has 5 aromatic rings. The number of benzene rings is 4. The number of aromatic nitrogens is 1. The van der Waals surface area contributed by atoms with E-state index in [1.165, 1.54) is 52.1 Å². The molecular weight excluding hydrogens is 594 g/mol. The molecule has 47 heavy (non-hydrogen) atoms. The van der Waals surface area contributed by atoms with Crippen LogP contribution < -0.4 is 25.0 Å². The van der Waals surface area contributed by atoms with Crippen molar-refractivity contribution in [3.63, 3.8) is 0 Å². The average molecular weight is 636 g/mol. The van der Waals surface area contributed by atoms with E-state index >= 15 is 0 Å². The molecule has 10 nitrogen and oxygen atoms in total. The van der Waals surface area contributed by atoms with Crippen LogP contribution in [0.2, 0.25) is 0 Å². The summed E-state index contributed by atoms with van der Waals surface area (Å²) in [6.07, 6.45) is 3.51. The van der Waals surface area contributed by atoms with Gasteiger partial charge in [0.15, 0.2) is 0 Å². The zero-order chi connectivity index (χ0) is 32.6. The first kappa shape index (κ1) is 31.7. The highest BCUT2D eigenvalue weighted by molar-refractivity contribution is 5.91. The molecule has 10 heteroatoms. The molecule has 0 radical (unpaired) electrons. The molecule has 0 aliphatic carbocycles. The Hall–Kier alpha value is -5.22. The number of phenols is 1. The number of aromatic hydroxyl groups is 1. The third-order valence-corrected chi connectivity index (χ3v) is 8.56. The monoisotopic (exact) mass is 635 g/mol. The molecule has 0 fully saturated rings. The van der Waals surface area contributed by atoms with E-state index in [4.69, 9.17) is 25.1 Å². The van der Waals surface area contributed by atoms with Crippen LogP contribution in [0.4, 0.5) is 11.4 Å². The molecule has 0 saturated carbocycles. The Morgan fingerprint density at radius 2 is 1.45 bits per heavy atom. The lowest BCUT2D eigenvalue weighted by Gasteiger charge is -2.25. The maximum absolute atomic E-state index is 10.3. The Bertz CT molecular complexity index is 1780. The number of aryl methyl sites for hydroxylation is 1. The van der Waals surface area contributed by atoms with Gasteiger partial charge in [0, 0.05) is 30.6 Å². The van der Waals surface area contributed by atoms with E-state index in [2.05, 4.69) is 52.1 Å². The first-order valence-corrected chi connectivity index (χ1v) is 16.0. The maximum atomic E-state index is 10.3. The van der Waals surface area contributed by atoms with Crippen LogP contribution in [0.15, 0.2) is 96.3 Å². The second-order valence-electron chi connectivity index (χ2n) is 11.7. The number of phenolic OH excluding ortho intramolecular Hbond substituents is 1. The molecule has 5 heterocycles. The molecule has 0 spiro atoms. The lowest BCUT2D eigenvalue weighted by Crippen LogP contribution is -2.28. The summed E-state index contributed by atoms with van der Waals surface area (Å²) in [6, 6.07) is 28.8. The maximum Gasteiger partial charge on any atom is 0.144 e. The Morgan fingerprint density at radius 3 is 2.23 bits per heavy atom. The van der Waals surface area contributed by atoms with Crippen molar-refractivity contribution in [3.8, 4) is 23.0 Å². The Labute approximate surface area is 274 Å². The highest BCUT2D eigenvalue weighted by atomic mass is 16.5. The minimum atomic E-state index is 0.146.